The van der Waals surface area contributed by atoms with Gasteiger partial charge in [0.2, 0.25) is 0 Å². The number of carbonyl (C=O) groups excluding carboxylic acids is 1. The number of unbranched alkanes of at least 4 members (excludes halogenated alkanes) is 2. The van der Waals surface area contributed by atoms with Crippen LogP contribution in [0.25, 0.3) is 17.1 Å². The van der Waals surface area contributed by atoms with Crippen molar-refractivity contribution in [3.63, 3.8) is 0 Å². The van der Waals surface area contributed by atoms with Gasteiger partial charge in [-0.25, -0.2) is 4.68 Å². The van der Waals surface area contributed by atoms with Gasteiger partial charge in [0, 0.05) is 16.8 Å². The van der Waals surface area contributed by atoms with Gasteiger partial charge < -0.3 is 10.1 Å². The van der Waals surface area contributed by atoms with Crippen molar-refractivity contribution in [1.82, 2.24) is 14.8 Å². The van der Waals surface area contributed by atoms with Crippen LogP contribution in [0, 0.1) is 0 Å². The van der Waals surface area contributed by atoms with Gasteiger partial charge in [-0.2, -0.15) is 4.98 Å². The topological polar surface area (TPSA) is 69.0 Å². The lowest BCUT2D eigenvalue weighted by Crippen LogP contribution is -2.12. The summed E-state index contributed by atoms with van der Waals surface area (Å²) in [6, 6.07) is 20.7. The largest absolute Gasteiger partial charge is 0.463 e. The zero-order valence-electron chi connectivity index (χ0n) is 20.3. The van der Waals surface area contributed by atoms with Crippen molar-refractivity contribution in [1.29, 1.82) is 0 Å². The Balaban J connectivity index is 1.51. The molecule has 0 unspecified atom stereocenters. The highest BCUT2D eigenvalue weighted by Gasteiger charge is 2.16. The fourth-order valence-corrected chi connectivity index (χ4v) is 4.07. The van der Waals surface area contributed by atoms with E-state index in [1.54, 1.807) is 16.8 Å². The molecule has 0 spiro atoms. The van der Waals surface area contributed by atoms with Crippen LogP contribution >= 0.6 is 23.2 Å². The first kappa shape index (κ1) is 25.7. The van der Waals surface area contributed by atoms with Gasteiger partial charge in [0.05, 0.1) is 22.3 Å². The number of amides is 1. The van der Waals surface area contributed by atoms with E-state index in [-0.39, 0.29) is 11.9 Å². The summed E-state index contributed by atoms with van der Waals surface area (Å²) in [5, 5.41) is 8.33. The normalized spacial score (nSPS) is 10.9. The Labute approximate surface area is 221 Å². The van der Waals surface area contributed by atoms with Crippen molar-refractivity contribution < 1.29 is 9.53 Å². The number of rotatable bonds is 10. The van der Waals surface area contributed by atoms with Gasteiger partial charge in [0.25, 0.3) is 5.91 Å². The number of anilines is 1. The van der Waals surface area contributed by atoms with Crippen molar-refractivity contribution in [3.05, 3.63) is 87.9 Å². The van der Waals surface area contributed by atoms with Gasteiger partial charge in [-0.15, -0.1) is 5.10 Å². The maximum Gasteiger partial charge on any atom is 0.336 e. The lowest BCUT2D eigenvalue weighted by Gasteiger charge is -2.09. The Kier molecular flexibility index (Phi) is 8.62. The lowest BCUT2D eigenvalue weighted by atomic mass is 10.1. The Morgan fingerprint density at radius 1 is 0.944 bits per heavy atom. The summed E-state index contributed by atoms with van der Waals surface area (Å²) in [5.74, 6) is 0.409. The van der Waals surface area contributed by atoms with Gasteiger partial charge in [-0.3, -0.25) is 4.79 Å². The van der Waals surface area contributed by atoms with E-state index in [4.69, 9.17) is 27.9 Å². The van der Waals surface area contributed by atoms with Crippen LogP contribution in [0.4, 0.5) is 5.69 Å². The minimum atomic E-state index is -0.154. The average molecular weight is 523 g/mol. The first-order valence-corrected chi connectivity index (χ1v) is 12.8. The van der Waals surface area contributed by atoms with Gasteiger partial charge in [-0.1, -0.05) is 55.1 Å². The second kappa shape index (κ2) is 12.1. The molecule has 0 saturated heterocycles. The lowest BCUT2D eigenvalue weighted by molar-refractivity contribution is 0.102. The molecule has 8 heteroatoms. The number of hydrogen-bond donors (Lipinski definition) is 1. The number of nitrogens with zero attached hydrogens (tertiary/aromatic N) is 3. The number of carbonyl (C=O) groups is 1. The van der Waals surface area contributed by atoms with Crippen LogP contribution in [-0.4, -0.2) is 27.3 Å². The van der Waals surface area contributed by atoms with Crippen LogP contribution in [0.15, 0.2) is 66.7 Å². The van der Waals surface area contributed by atoms with E-state index in [0.29, 0.717) is 33.7 Å². The molecule has 1 heterocycles. The quantitative estimate of drug-likeness (QED) is 0.217. The van der Waals surface area contributed by atoms with Crippen LogP contribution in [0.5, 0.6) is 6.01 Å². The molecule has 1 N–H and O–H groups in total. The minimum absolute atomic E-state index is 0.154. The van der Waals surface area contributed by atoms with Crippen molar-refractivity contribution in [3.8, 4) is 23.1 Å². The molecule has 1 amide bonds. The standard InChI is InChI=1S/C28H28Cl2N4O2/c1-3-5-6-7-19-8-10-20(11-9-19)27(35)31-22-13-15-23(16-14-22)34-26(32-28(33-34)36-4-2)21-12-17-24(29)25(30)18-21/h8-18H,3-7H2,1-2H3,(H,31,35). The Hall–Kier alpha value is -3.35. The van der Waals surface area contributed by atoms with E-state index in [9.17, 15) is 4.79 Å². The molecule has 1 aromatic heterocycles. The summed E-state index contributed by atoms with van der Waals surface area (Å²) >= 11 is 12.3. The molecule has 0 fully saturated rings. The molecule has 0 aliphatic rings. The van der Waals surface area contributed by atoms with Gasteiger partial charge >= 0.3 is 6.01 Å². The molecule has 4 rings (SSSR count). The fraction of sp³-hybridized carbons (Fsp3) is 0.250. The monoisotopic (exact) mass is 522 g/mol. The van der Waals surface area contributed by atoms with Crippen molar-refractivity contribution in [2.75, 3.05) is 11.9 Å². The van der Waals surface area contributed by atoms with E-state index in [1.807, 2.05) is 61.5 Å². The highest BCUT2D eigenvalue weighted by atomic mass is 35.5. The van der Waals surface area contributed by atoms with E-state index in [1.165, 1.54) is 24.8 Å². The van der Waals surface area contributed by atoms with Crippen LogP contribution in [0.3, 0.4) is 0 Å². The molecule has 3 aromatic carbocycles. The summed E-state index contributed by atoms with van der Waals surface area (Å²) in [4.78, 5) is 17.3. The molecule has 186 valence electrons. The van der Waals surface area contributed by atoms with Crippen molar-refractivity contribution in [2.45, 2.75) is 39.5 Å². The molecule has 6 nitrogen and oxygen atoms in total. The predicted octanol–water partition coefficient (Wildman–Crippen LogP) is 7.62. The molecule has 0 radical (unpaired) electrons. The molecule has 0 bridgehead atoms. The van der Waals surface area contributed by atoms with E-state index in [2.05, 4.69) is 22.3 Å². The highest BCUT2D eigenvalue weighted by molar-refractivity contribution is 6.42. The second-order valence-electron chi connectivity index (χ2n) is 8.35. The van der Waals surface area contributed by atoms with Crippen LogP contribution in [0.2, 0.25) is 10.0 Å². The Morgan fingerprint density at radius 3 is 2.36 bits per heavy atom. The predicted molar refractivity (Wildman–Crippen MR) is 146 cm³/mol. The Bertz CT molecular complexity index is 1320. The number of benzene rings is 3. The summed E-state index contributed by atoms with van der Waals surface area (Å²) < 4.78 is 7.20. The molecule has 0 aliphatic heterocycles. The first-order valence-electron chi connectivity index (χ1n) is 12.0. The van der Waals surface area contributed by atoms with Gasteiger partial charge in [-0.05, 0) is 79.9 Å². The fourth-order valence-electron chi connectivity index (χ4n) is 3.78. The molecule has 0 saturated carbocycles. The molecule has 4 aromatic rings. The van der Waals surface area contributed by atoms with E-state index in [0.717, 1.165) is 17.7 Å². The number of nitrogens with one attached hydrogen (secondary N) is 1. The van der Waals surface area contributed by atoms with Crippen LogP contribution < -0.4 is 10.1 Å². The minimum Gasteiger partial charge on any atom is -0.463 e. The zero-order valence-corrected chi connectivity index (χ0v) is 21.8. The number of aromatic nitrogens is 3. The van der Waals surface area contributed by atoms with Gasteiger partial charge in [0.1, 0.15) is 0 Å². The molecule has 0 aliphatic carbocycles. The van der Waals surface area contributed by atoms with E-state index < -0.39 is 0 Å². The highest BCUT2D eigenvalue weighted by Crippen LogP contribution is 2.30. The third kappa shape index (κ3) is 6.25. The number of ether oxygens (including phenoxy) is 1. The Morgan fingerprint density at radius 2 is 1.69 bits per heavy atom. The third-order valence-corrected chi connectivity index (χ3v) is 6.43. The van der Waals surface area contributed by atoms with Crippen molar-refractivity contribution >= 4 is 34.8 Å². The third-order valence-electron chi connectivity index (χ3n) is 5.69. The average Bonchev–Trinajstić information content (AvgIpc) is 3.31. The summed E-state index contributed by atoms with van der Waals surface area (Å²) in [6.07, 6.45) is 4.61. The number of halogens is 2. The second-order valence-corrected chi connectivity index (χ2v) is 9.16. The van der Waals surface area contributed by atoms with Gasteiger partial charge in [0.15, 0.2) is 5.82 Å². The summed E-state index contributed by atoms with van der Waals surface area (Å²) in [5.41, 5.74) is 4.05. The summed E-state index contributed by atoms with van der Waals surface area (Å²) in [6.45, 7) is 4.51. The van der Waals surface area contributed by atoms with Crippen LogP contribution in [-0.2, 0) is 6.42 Å². The maximum absolute atomic E-state index is 12.7. The SMILES string of the molecule is CCCCCc1ccc(C(=O)Nc2ccc(-n3nc(OCC)nc3-c3ccc(Cl)c(Cl)c3)cc2)cc1. The molecule has 36 heavy (non-hydrogen) atoms. The molecular formula is C28H28Cl2N4O2. The van der Waals surface area contributed by atoms with E-state index >= 15 is 0 Å². The van der Waals surface area contributed by atoms with Crippen LogP contribution in [0.1, 0.15) is 49.0 Å². The maximum atomic E-state index is 12.7. The zero-order chi connectivity index (χ0) is 25.5. The summed E-state index contributed by atoms with van der Waals surface area (Å²) in [7, 11) is 0. The first-order chi connectivity index (χ1) is 17.5. The van der Waals surface area contributed by atoms with Crippen molar-refractivity contribution in [2.24, 2.45) is 0 Å². The smallest absolute Gasteiger partial charge is 0.336 e. The molecular weight excluding hydrogens is 495 g/mol. The number of aryl methyl sites for hydroxylation is 1. The molecule has 0 atom stereocenters. The number of hydrogen-bond acceptors (Lipinski definition) is 4.